The zero-order valence-electron chi connectivity index (χ0n) is 20.3. The van der Waals surface area contributed by atoms with Crippen LogP contribution in [0.3, 0.4) is 0 Å². The summed E-state index contributed by atoms with van der Waals surface area (Å²) in [6.45, 7) is 7.83. The van der Waals surface area contributed by atoms with Gasteiger partial charge in [0.1, 0.15) is 23.8 Å². The third-order valence-corrected chi connectivity index (χ3v) is 5.78. The van der Waals surface area contributed by atoms with Crippen molar-refractivity contribution in [1.29, 1.82) is 0 Å². The number of benzene rings is 2. The predicted molar refractivity (Wildman–Crippen MR) is 136 cm³/mol. The first kappa shape index (κ1) is 27.0. The molecule has 3 aromatic rings. The van der Waals surface area contributed by atoms with Crippen LogP contribution in [0.15, 0.2) is 48.8 Å². The molecule has 2 heterocycles. The van der Waals surface area contributed by atoms with E-state index in [0.717, 1.165) is 12.1 Å². The van der Waals surface area contributed by atoms with Crippen LogP contribution in [-0.2, 0) is 14.3 Å². The number of aromatic nitrogens is 2. The standard InChI is InChI=1S/C24H21ClF2N4O3.C2H6/c1-2-34-23(33)6-5-22(32)30-7-9-31(10-8-30)24-18-12-19(25)17(13-21(18)28-14-29-24)16-4-3-15(26)11-20(16)27;1-2/h3-6,11-14H,2,7-10H2,1H3;1-2H3/b6-5+;. The smallest absolute Gasteiger partial charge is 0.330 e. The number of hydrogen-bond donors (Lipinski definition) is 0. The van der Waals surface area contributed by atoms with E-state index in [1.54, 1.807) is 24.0 Å². The van der Waals surface area contributed by atoms with Gasteiger partial charge in [-0.15, -0.1) is 0 Å². The van der Waals surface area contributed by atoms with E-state index in [4.69, 9.17) is 16.3 Å². The Morgan fingerprint density at radius 2 is 1.75 bits per heavy atom. The van der Waals surface area contributed by atoms with E-state index in [-0.39, 0.29) is 23.1 Å². The Kier molecular flexibility index (Phi) is 9.30. The van der Waals surface area contributed by atoms with Gasteiger partial charge in [0.15, 0.2) is 0 Å². The number of piperazine rings is 1. The Balaban J connectivity index is 0.00000176. The number of anilines is 1. The van der Waals surface area contributed by atoms with Crippen molar-refractivity contribution in [3.05, 3.63) is 65.5 Å². The lowest BCUT2D eigenvalue weighted by atomic mass is 10.0. The molecule has 1 saturated heterocycles. The van der Waals surface area contributed by atoms with E-state index >= 15 is 0 Å². The number of esters is 1. The summed E-state index contributed by atoms with van der Waals surface area (Å²) >= 11 is 6.48. The Morgan fingerprint density at radius 1 is 1.03 bits per heavy atom. The summed E-state index contributed by atoms with van der Waals surface area (Å²) in [4.78, 5) is 36.1. The Labute approximate surface area is 213 Å². The highest BCUT2D eigenvalue weighted by Gasteiger charge is 2.23. The summed E-state index contributed by atoms with van der Waals surface area (Å²) < 4.78 is 32.4. The zero-order chi connectivity index (χ0) is 26.2. The molecule has 2 aromatic carbocycles. The van der Waals surface area contributed by atoms with Crippen LogP contribution < -0.4 is 4.90 Å². The number of carbonyl (C=O) groups excluding carboxylic acids is 2. The minimum Gasteiger partial charge on any atom is -0.463 e. The number of fused-ring (bicyclic) bond motifs is 1. The van der Waals surface area contributed by atoms with Crippen molar-refractivity contribution >= 4 is 40.2 Å². The average Bonchev–Trinajstić information content (AvgIpc) is 2.88. The summed E-state index contributed by atoms with van der Waals surface area (Å²) in [5.74, 6) is -1.56. The predicted octanol–water partition coefficient (Wildman–Crippen LogP) is 5.02. The molecule has 7 nitrogen and oxygen atoms in total. The van der Waals surface area contributed by atoms with Crippen LogP contribution >= 0.6 is 11.6 Å². The highest BCUT2D eigenvalue weighted by Crippen LogP contribution is 2.36. The molecular formula is C26H27ClF2N4O3. The molecular weight excluding hydrogens is 490 g/mol. The first-order valence-electron chi connectivity index (χ1n) is 11.7. The van der Waals surface area contributed by atoms with Crippen LogP contribution in [-0.4, -0.2) is 59.5 Å². The third-order valence-electron chi connectivity index (χ3n) is 5.46. The molecule has 0 aliphatic carbocycles. The number of rotatable bonds is 5. The van der Waals surface area contributed by atoms with Gasteiger partial charge in [-0.05, 0) is 31.2 Å². The van der Waals surface area contributed by atoms with Crippen molar-refractivity contribution in [2.75, 3.05) is 37.7 Å². The summed E-state index contributed by atoms with van der Waals surface area (Å²) in [7, 11) is 0. The first-order chi connectivity index (χ1) is 17.4. The van der Waals surface area contributed by atoms with Gasteiger partial charge >= 0.3 is 5.97 Å². The van der Waals surface area contributed by atoms with Gasteiger partial charge in [0, 0.05) is 65.9 Å². The quantitative estimate of drug-likeness (QED) is 0.350. The summed E-state index contributed by atoms with van der Waals surface area (Å²) in [6, 6.07) is 6.65. The summed E-state index contributed by atoms with van der Waals surface area (Å²) in [6.07, 6.45) is 3.75. The Bertz CT molecular complexity index is 1280. The van der Waals surface area contributed by atoms with Crippen molar-refractivity contribution in [1.82, 2.24) is 14.9 Å². The lowest BCUT2D eigenvalue weighted by Gasteiger charge is -2.35. The van der Waals surface area contributed by atoms with E-state index < -0.39 is 17.6 Å². The van der Waals surface area contributed by atoms with Gasteiger partial charge in [-0.3, -0.25) is 4.79 Å². The fourth-order valence-corrected chi connectivity index (χ4v) is 4.07. The highest BCUT2D eigenvalue weighted by molar-refractivity contribution is 6.34. The number of halogens is 3. The van der Waals surface area contributed by atoms with Gasteiger partial charge in [-0.25, -0.2) is 23.5 Å². The molecule has 0 saturated carbocycles. The minimum atomic E-state index is -0.715. The van der Waals surface area contributed by atoms with E-state index in [2.05, 4.69) is 9.97 Å². The highest BCUT2D eigenvalue weighted by atomic mass is 35.5. The van der Waals surface area contributed by atoms with Gasteiger partial charge in [0.2, 0.25) is 5.91 Å². The monoisotopic (exact) mass is 516 g/mol. The van der Waals surface area contributed by atoms with Crippen LogP contribution in [0, 0.1) is 11.6 Å². The van der Waals surface area contributed by atoms with E-state index in [9.17, 15) is 18.4 Å². The van der Waals surface area contributed by atoms with Crippen molar-refractivity contribution in [2.24, 2.45) is 0 Å². The lowest BCUT2D eigenvalue weighted by Crippen LogP contribution is -2.48. The van der Waals surface area contributed by atoms with Gasteiger partial charge in [-0.1, -0.05) is 25.4 Å². The molecule has 1 aliphatic heterocycles. The van der Waals surface area contributed by atoms with Crippen LogP contribution in [0.1, 0.15) is 20.8 Å². The molecule has 0 radical (unpaired) electrons. The maximum absolute atomic E-state index is 14.3. The van der Waals surface area contributed by atoms with Crippen LogP contribution in [0.4, 0.5) is 14.6 Å². The molecule has 0 N–H and O–H groups in total. The molecule has 0 atom stereocenters. The molecule has 0 spiro atoms. The van der Waals surface area contributed by atoms with E-state index in [1.807, 2.05) is 18.7 Å². The molecule has 190 valence electrons. The molecule has 36 heavy (non-hydrogen) atoms. The van der Waals surface area contributed by atoms with Crippen LogP contribution in [0.5, 0.6) is 0 Å². The van der Waals surface area contributed by atoms with Crippen LogP contribution in [0.25, 0.3) is 22.0 Å². The van der Waals surface area contributed by atoms with E-state index in [1.165, 1.54) is 24.5 Å². The van der Waals surface area contributed by atoms with Crippen molar-refractivity contribution in [3.63, 3.8) is 0 Å². The minimum absolute atomic E-state index is 0.177. The number of ether oxygens (including phenoxy) is 1. The fraction of sp³-hybridized carbons (Fsp3) is 0.308. The van der Waals surface area contributed by atoms with E-state index in [0.29, 0.717) is 48.5 Å². The average molecular weight is 517 g/mol. The SMILES string of the molecule is CC.CCOC(=O)/C=C/C(=O)N1CCN(c2ncnc3cc(-c4ccc(F)cc4F)c(Cl)cc23)CC1. The molecule has 0 bridgehead atoms. The second kappa shape index (κ2) is 12.4. The van der Waals surface area contributed by atoms with Gasteiger partial charge in [0.05, 0.1) is 12.1 Å². The summed E-state index contributed by atoms with van der Waals surface area (Å²) in [5, 5.41) is 0.965. The normalized spacial score (nSPS) is 13.5. The maximum Gasteiger partial charge on any atom is 0.330 e. The molecule has 1 amide bonds. The molecule has 1 aliphatic rings. The van der Waals surface area contributed by atoms with Crippen molar-refractivity contribution in [3.8, 4) is 11.1 Å². The van der Waals surface area contributed by atoms with Crippen molar-refractivity contribution < 1.29 is 23.1 Å². The van der Waals surface area contributed by atoms with Crippen LogP contribution in [0.2, 0.25) is 5.02 Å². The molecule has 0 unspecified atom stereocenters. The Morgan fingerprint density at radius 3 is 2.42 bits per heavy atom. The second-order valence-electron chi connectivity index (χ2n) is 7.57. The van der Waals surface area contributed by atoms with Gasteiger partial charge in [-0.2, -0.15) is 0 Å². The first-order valence-corrected chi connectivity index (χ1v) is 12.0. The van der Waals surface area contributed by atoms with Gasteiger partial charge < -0.3 is 14.5 Å². The number of carbonyl (C=O) groups is 2. The fourth-order valence-electron chi connectivity index (χ4n) is 3.80. The molecule has 1 fully saturated rings. The number of amides is 1. The molecule has 10 heteroatoms. The third kappa shape index (κ3) is 6.15. The Hall–Kier alpha value is -3.59. The maximum atomic E-state index is 14.3. The molecule has 4 rings (SSSR count). The van der Waals surface area contributed by atoms with Crippen molar-refractivity contribution in [2.45, 2.75) is 20.8 Å². The lowest BCUT2D eigenvalue weighted by molar-refractivity contribution is -0.137. The zero-order valence-corrected chi connectivity index (χ0v) is 21.1. The topological polar surface area (TPSA) is 75.6 Å². The number of hydrogen-bond acceptors (Lipinski definition) is 6. The largest absolute Gasteiger partial charge is 0.463 e. The number of nitrogens with zero attached hydrogens (tertiary/aromatic N) is 4. The second-order valence-corrected chi connectivity index (χ2v) is 7.98. The molecule has 1 aromatic heterocycles. The van der Waals surface area contributed by atoms with Gasteiger partial charge in [0.25, 0.3) is 0 Å². The summed E-state index contributed by atoms with van der Waals surface area (Å²) in [5.41, 5.74) is 1.14.